The second kappa shape index (κ2) is 3.25. The summed E-state index contributed by atoms with van der Waals surface area (Å²) >= 11 is 0. The molecule has 0 N–H and O–H groups in total. The van der Waals surface area contributed by atoms with E-state index in [4.69, 9.17) is 0 Å². The van der Waals surface area contributed by atoms with Gasteiger partial charge in [-0.15, -0.1) is 0 Å². The number of hydrogen-bond donors (Lipinski definition) is 0. The molecule has 1 aromatic heterocycles. The summed E-state index contributed by atoms with van der Waals surface area (Å²) < 4.78 is 2.03. The predicted molar refractivity (Wildman–Crippen MR) is 37.1 cm³/mol. The Labute approximate surface area is 60.7 Å². The highest BCUT2D eigenvalue weighted by Crippen LogP contribution is 1.88. The minimum atomic E-state index is 0.661. The van der Waals surface area contributed by atoms with E-state index >= 15 is 0 Å². The lowest BCUT2D eigenvalue weighted by atomic mass is 10.2. The van der Waals surface area contributed by atoms with Gasteiger partial charge in [0.15, 0.2) is 0 Å². The fraction of sp³-hybridized carbons (Fsp3) is 0.571. The van der Waals surface area contributed by atoms with Crippen LogP contribution in [0.1, 0.15) is 13.8 Å². The molecule has 0 amide bonds. The van der Waals surface area contributed by atoms with Gasteiger partial charge in [0, 0.05) is 0 Å². The normalized spacial score (nSPS) is 10.3. The Kier molecular flexibility index (Phi) is 2.31. The highest BCUT2D eigenvalue weighted by atomic mass is 15.2. The molecule has 0 saturated carbocycles. The van der Waals surface area contributed by atoms with Crippen LogP contribution in [0.2, 0.25) is 0 Å². The van der Waals surface area contributed by atoms with Crippen molar-refractivity contribution in [3.8, 4) is 0 Å². The molecule has 54 valence electrons. The molecular formula is C7H12N3+. The number of nitrogens with zero attached hydrogens (tertiary/aromatic N) is 3. The molecule has 0 aromatic carbocycles. The maximum atomic E-state index is 3.75. The largest absolute Gasteiger partial charge is 0.314 e. The van der Waals surface area contributed by atoms with Gasteiger partial charge in [-0.1, -0.05) is 13.8 Å². The maximum absolute atomic E-state index is 3.75. The molecule has 0 bridgehead atoms. The van der Waals surface area contributed by atoms with E-state index in [1.807, 2.05) is 10.8 Å². The third-order valence-electron chi connectivity index (χ3n) is 1.17. The van der Waals surface area contributed by atoms with E-state index in [1.165, 1.54) is 0 Å². The van der Waals surface area contributed by atoms with Crippen LogP contribution < -0.4 is 4.57 Å². The minimum absolute atomic E-state index is 0.661. The zero-order valence-electron chi connectivity index (χ0n) is 6.36. The average Bonchev–Trinajstić information content (AvgIpc) is 1.88. The van der Waals surface area contributed by atoms with Gasteiger partial charge in [-0.05, 0) is 11.0 Å². The van der Waals surface area contributed by atoms with Crippen molar-refractivity contribution in [2.45, 2.75) is 20.4 Å². The van der Waals surface area contributed by atoms with Crippen LogP contribution in [0.5, 0.6) is 0 Å². The predicted octanol–water partition coefficient (Wildman–Crippen LogP) is 0.420. The standard InChI is InChI=1S/C7H12N3/c1-7(2)5-10-4-3-8-9-6-10/h3-4,6-7H,5H2,1-2H3/q+1. The van der Waals surface area contributed by atoms with Crippen molar-refractivity contribution >= 4 is 0 Å². The van der Waals surface area contributed by atoms with Crippen molar-refractivity contribution in [1.82, 2.24) is 10.2 Å². The highest BCUT2D eigenvalue weighted by Gasteiger charge is 1.99. The lowest BCUT2D eigenvalue weighted by molar-refractivity contribution is -0.705. The monoisotopic (exact) mass is 138 g/mol. The van der Waals surface area contributed by atoms with Crippen LogP contribution in [0, 0.1) is 5.92 Å². The second-order valence-electron chi connectivity index (χ2n) is 2.74. The van der Waals surface area contributed by atoms with Gasteiger partial charge in [0.2, 0.25) is 0 Å². The van der Waals surface area contributed by atoms with Crippen molar-refractivity contribution < 1.29 is 4.57 Å². The Bertz CT molecular complexity index is 183. The summed E-state index contributed by atoms with van der Waals surface area (Å²) in [5, 5.41) is 7.43. The third kappa shape index (κ3) is 2.09. The lowest BCUT2D eigenvalue weighted by Gasteiger charge is -1.99. The van der Waals surface area contributed by atoms with E-state index in [-0.39, 0.29) is 0 Å². The fourth-order valence-corrected chi connectivity index (χ4v) is 0.818. The van der Waals surface area contributed by atoms with Gasteiger partial charge in [-0.2, -0.15) is 0 Å². The summed E-state index contributed by atoms with van der Waals surface area (Å²) in [6, 6.07) is 0. The molecule has 1 aromatic rings. The summed E-state index contributed by atoms with van der Waals surface area (Å²) in [7, 11) is 0. The van der Waals surface area contributed by atoms with Crippen LogP contribution in [-0.4, -0.2) is 10.2 Å². The zero-order chi connectivity index (χ0) is 7.40. The first-order valence-corrected chi connectivity index (χ1v) is 3.45. The molecule has 0 radical (unpaired) electrons. The molecule has 10 heavy (non-hydrogen) atoms. The molecule has 0 fully saturated rings. The van der Waals surface area contributed by atoms with Crippen molar-refractivity contribution in [3.63, 3.8) is 0 Å². The number of rotatable bonds is 2. The molecule has 0 saturated heterocycles. The fourth-order valence-electron chi connectivity index (χ4n) is 0.818. The summed E-state index contributed by atoms with van der Waals surface area (Å²) in [6.45, 7) is 5.36. The van der Waals surface area contributed by atoms with Gasteiger partial charge in [-0.3, -0.25) is 0 Å². The molecular weight excluding hydrogens is 126 g/mol. The molecule has 0 atom stereocenters. The maximum Gasteiger partial charge on any atom is 0.314 e. The molecule has 0 spiro atoms. The van der Waals surface area contributed by atoms with E-state index in [0.29, 0.717) is 5.92 Å². The molecule has 1 rings (SSSR count). The molecule has 0 aliphatic rings. The first-order valence-electron chi connectivity index (χ1n) is 3.45. The molecule has 0 aliphatic heterocycles. The zero-order valence-corrected chi connectivity index (χ0v) is 6.36. The summed E-state index contributed by atoms with van der Waals surface area (Å²) in [5.74, 6) is 0.661. The van der Waals surface area contributed by atoms with E-state index in [9.17, 15) is 0 Å². The molecule has 3 nitrogen and oxygen atoms in total. The van der Waals surface area contributed by atoms with Crippen LogP contribution in [0.3, 0.4) is 0 Å². The van der Waals surface area contributed by atoms with Gasteiger partial charge in [-0.25, -0.2) is 4.57 Å². The Morgan fingerprint density at radius 2 is 2.20 bits per heavy atom. The first-order chi connectivity index (χ1) is 4.79. The first kappa shape index (κ1) is 7.12. The summed E-state index contributed by atoms with van der Waals surface area (Å²) in [4.78, 5) is 0. The smallest absolute Gasteiger partial charge is 0.233 e. The van der Waals surface area contributed by atoms with Gasteiger partial charge in [0.05, 0.1) is 11.6 Å². The SMILES string of the molecule is CC(C)C[n+]1ccnnc1. The van der Waals surface area contributed by atoms with Crippen LogP contribution in [-0.2, 0) is 6.54 Å². The number of aromatic nitrogens is 3. The van der Waals surface area contributed by atoms with Crippen LogP contribution in [0.25, 0.3) is 0 Å². The van der Waals surface area contributed by atoms with Gasteiger partial charge in [0.1, 0.15) is 12.4 Å². The van der Waals surface area contributed by atoms with Crippen molar-refractivity contribution in [2.24, 2.45) is 5.92 Å². The quantitative estimate of drug-likeness (QED) is 0.554. The molecule has 0 unspecified atom stereocenters. The van der Waals surface area contributed by atoms with Gasteiger partial charge >= 0.3 is 6.33 Å². The third-order valence-corrected chi connectivity index (χ3v) is 1.17. The van der Waals surface area contributed by atoms with Gasteiger partial charge < -0.3 is 0 Å². The summed E-state index contributed by atoms with van der Waals surface area (Å²) in [5.41, 5.74) is 0. The molecule has 0 aliphatic carbocycles. The number of hydrogen-bond acceptors (Lipinski definition) is 2. The van der Waals surface area contributed by atoms with Crippen molar-refractivity contribution in [2.75, 3.05) is 0 Å². The Morgan fingerprint density at radius 3 is 2.70 bits per heavy atom. The minimum Gasteiger partial charge on any atom is -0.233 e. The highest BCUT2D eigenvalue weighted by molar-refractivity contribution is 4.51. The van der Waals surface area contributed by atoms with E-state index in [2.05, 4.69) is 24.0 Å². The molecule has 3 heteroatoms. The van der Waals surface area contributed by atoms with Gasteiger partial charge in [0.25, 0.3) is 0 Å². The Balaban J connectivity index is 2.59. The van der Waals surface area contributed by atoms with Crippen molar-refractivity contribution in [1.29, 1.82) is 0 Å². The van der Waals surface area contributed by atoms with Crippen molar-refractivity contribution in [3.05, 3.63) is 18.7 Å². The average molecular weight is 138 g/mol. The van der Waals surface area contributed by atoms with Crippen LogP contribution >= 0.6 is 0 Å². The van der Waals surface area contributed by atoms with Crippen LogP contribution in [0.15, 0.2) is 18.7 Å². The van der Waals surface area contributed by atoms with E-state index in [0.717, 1.165) is 6.54 Å². The molecule has 1 heterocycles. The second-order valence-corrected chi connectivity index (χ2v) is 2.74. The summed E-state index contributed by atoms with van der Waals surface area (Å²) in [6.07, 6.45) is 5.36. The Hall–Kier alpha value is -0.990. The van der Waals surface area contributed by atoms with Crippen LogP contribution in [0.4, 0.5) is 0 Å². The van der Waals surface area contributed by atoms with E-state index < -0.39 is 0 Å². The lowest BCUT2D eigenvalue weighted by Crippen LogP contribution is -2.36. The Morgan fingerprint density at radius 1 is 1.40 bits per heavy atom. The topological polar surface area (TPSA) is 29.7 Å². The van der Waals surface area contributed by atoms with E-state index in [1.54, 1.807) is 12.5 Å².